The van der Waals surface area contributed by atoms with Gasteiger partial charge in [-0.05, 0) is 25.0 Å². The van der Waals surface area contributed by atoms with Gasteiger partial charge in [-0.3, -0.25) is 4.99 Å². The van der Waals surface area contributed by atoms with E-state index in [0.29, 0.717) is 6.04 Å². The van der Waals surface area contributed by atoms with Gasteiger partial charge in [-0.15, -0.1) is 0 Å². The molecular formula is C12H14N2. The number of hydrogen-bond acceptors (Lipinski definition) is 2. The van der Waals surface area contributed by atoms with Crippen LogP contribution in [-0.4, -0.2) is 12.3 Å². The summed E-state index contributed by atoms with van der Waals surface area (Å²) in [5.41, 5.74) is 3.44. The fraction of sp³-hybridized carbons (Fsp3) is 0.250. The first kappa shape index (κ1) is 9.00. The monoisotopic (exact) mass is 186 g/mol. The molecule has 2 heteroatoms. The fourth-order valence-corrected chi connectivity index (χ4v) is 1.63. The molecule has 0 bridgehead atoms. The first-order chi connectivity index (χ1) is 6.75. The van der Waals surface area contributed by atoms with Crippen LogP contribution < -0.4 is 5.32 Å². The summed E-state index contributed by atoms with van der Waals surface area (Å²) in [7, 11) is 0. The van der Waals surface area contributed by atoms with Crippen LogP contribution in [0, 0.1) is 0 Å². The lowest BCUT2D eigenvalue weighted by Crippen LogP contribution is -2.16. The molecule has 1 N–H and O–H groups in total. The van der Waals surface area contributed by atoms with Crippen LogP contribution in [0.2, 0.25) is 0 Å². The van der Waals surface area contributed by atoms with Crippen molar-refractivity contribution < 1.29 is 0 Å². The van der Waals surface area contributed by atoms with Gasteiger partial charge in [-0.2, -0.15) is 0 Å². The summed E-state index contributed by atoms with van der Waals surface area (Å²) >= 11 is 0. The second kappa shape index (κ2) is 3.66. The van der Waals surface area contributed by atoms with Gasteiger partial charge in [-0.25, -0.2) is 0 Å². The highest BCUT2D eigenvalue weighted by atomic mass is 15.0. The zero-order chi connectivity index (χ0) is 9.97. The first-order valence-electron chi connectivity index (χ1n) is 4.80. The third kappa shape index (κ3) is 1.84. The molecule has 1 aromatic carbocycles. The lowest BCUT2D eigenvalue weighted by molar-refractivity contribution is 0.983. The smallest absolute Gasteiger partial charge is 0.0657 e. The van der Waals surface area contributed by atoms with Crippen molar-refractivity contribution in [2.24, 2.45) is 4.99 Å². The van der Waals surface area contributed by atoms with Gasteiger partial charge in [0.25, 0.3) is 0 Å². The number of hydrogen-bond donors (Lipinski definition) is 1. The Morgan fingerprint density at radius 3 is 3.07 bits per heavy atom. The molecule has 1 atom stereocenters. The standard InChI is InChI=1S/C12H14N2/c1-9(2)13-8-11-7-10-5-3-4-6-12(10)14-11/h3-6,8,11,14H,1,7H2,2H3/t11-/m0/s1. The van der Waals surface area contributed by atoms with Crippen molar-refractivity contribution in [2.75, 3.05) is 5.32 Å². The van der Waals surface area contributed by atoms with E-state index in [9.17, 15) is 0 Å². The largest absolute Gasteiger partial charge is 0.377 e. The summed E-state index contributed by atoms with van der Waals surface area (Å²) in [6, 6.07) is 8.69. The van der Waals surface area contributed by atoms with Crippen molar-refractivity contribution >= 4 is 11.9 Å². The van der Waals surface area contributed by atoms with Crippen molar-refractivity contribution in [1.29, 1.82) is 0 Å². The molecule has 2 nitrogen and oxygen atoms in total. The Kier molecular flexibility index (Phi) is 2.35. The SMILES string of the molecule is C=C(C)N=C[C@@H]1Cc2ccccc2N1. The van der Waals surface area contributed by atoms with E-state index >= 15 is 0 Å². The number of para-hydroxylation sites is 1. The van der Waals surface area contributed by atoms with E-state index in [1.54, 1.807) is 0 Å². The number of aliphatic imine (C=N–C) groups is 1. The van der Waals surface area contributed by atoms with Crippen molar-refractivity contribution in [1.82, 2.24) is 0 Å². The number of allylic oxidation sites excluding steroid dienone is 1. The van der Waals surface area contributed by atoms with Gasteiger partial charge in [-0.1, -0.05) is 24.8 Å². The van der Waals surface area contributed by atoms with E-state index in [2.05, 4.69) is 35.1 Å². The van der Waals surface area contributed by atoms with Crippen LogP contribution in [0.1, 0.15) is 12.5 Å². The van der Waals surface area contributed by atoms with Gasteiger partial charge in [0.2, 0.25) is 0 Å². The van der Waals surface area contributed by atoms with E-state index < -0.39 is 0 Å². The summed E-state index contributed by atoms with van der Waals surface area (Å²) in [5.74, 6) is 0. The van der Waals surface area contributed by atoms with Crippen molar-refractivity contribution in [3.05, 3.63) is 42.1 Å². The lowest BCUT2D eigenvalue weighted by Gasteiger charge is -2.03. The number of anilines is 1. The molecule has 0 aromatic heterocycles. The van der Waals surface area contributed by atoms with E-state index in [1.807, 2.05) is 19.2 Å². The number of benzene rings is 1. The molecule has 0 amide bonds. The normalized spacial score (nSPS) is 19.4. The zero-order valence-electron chi connectivity index (χ0n) is 8.33. The molecule has 14 heavy (non-hydrogen) atoms. The summed E-state index contributed by atoms with van der Waals surface area (Å²) in [6.07, 6.45) is 2.95. The molecule has 2 rings (SSSR count). The Morgan fingerprint density at radius 2 is 2.36 bits per heavy atom. The maximum Gasteiger partial charge on any atom is 0.0657 e. The molecule has 0 radical (unpaired) electrons. The molecule has 1 aliphatic heterocycles. The summed E-state index contributed by atoms with van der Waals surface area (Å²) in [6.45, 7) is 5.64. The summed E-state index contributed by atoms with van der Waals surface area (Å²) in [5, 5.41) is 3.40. The minimum Gasteiger partial charge on any atom is -0.377 e. The molecule has 1 aromatic rings. The molecule has 0 saturated heterocycles. The molecule has 0 unspecified atom stereocenters. The van der Waals surface area contributed by atoms with Gasteiger partial charge in [0, 0.05) is 17.6 Å². The maximum atomic E-state index is 4.21. The van der Waals surface area contributed by atoms with Crippen LogP contribution in [0.5, 0.6) is 0 Å². The molecule has 0 fully saturated rings. The third-order valence-corrected chi connectivity index (χ3v) is 2.27. The second-order valence-electron chi connectivity index (χ2n) is 3.63. The van der Waals surface area contributed by atoms with Crippen LogP contribution in [0.15, 0.2) is 41.5 Å². The average Bonchev–Trinajstić information content (AvgIpc) is 2.57. The molecule has 0 saturated carbocycles. The topological polar surface area (TPSA) is 24.4 Å². The molecule has 0 aliphatic carbocycles. The van der Waals surface area contributed by atoms with Crippen LogP contribution in [0.25, 0.3) is 0 Å². The van der Waals surface area contributed by atoms with E-state index in [1.165, 1.54) is 11.3 Å². The van der Waals surface area contributed by atoms with Crippen molar-refractivity contribution in [3.8, 4) is 0 Å². The summed E-state index contributed by atoms with van der Waals surface area (Å²) in [4.78, 5) is 4.21. The Labute approximate surface area is 84.4 Å². The van der Waals surface area contributed by atoms with Crippen molar-refractivity contribution in [3.63, 3.8) is 0 Å². The quantitative estimate of drug-likeness (QED) is 0.705. The van der Waals surface area contributed by atoms with Gasteiger partial charge in [0.1, 0.15) is 0 Å². The highest BCUT2D eigenvalue weighted by Crippen LogP contribution is 2.24. The van der Waals surface area contributed by atoms with Crippen LogP contribution in [0.3, 0.4) is 0 Å². The third-order valence-electron chi connectivity index (χ3n) is 2.27. The van der Waals surface area contributed by atoms with Crippen LogP contribution in [0.4, 0.5) is 5.69 Å². The zero-order valence-corrected chi connectivity index (χ0v) is 8.33. The number of nitrogens with zero attached hydrogens (tertiary/aromatic N) is 1. The van der Waals surface area contributed by atoms with E-state index in [-0.39, 0.29) is 0 Å². The highest BCUT2D eigenvalue weighted by Gasteiger charge is 2.17. The molecule has 72 valence electrons. The van der Waals surface area contributed by atoms with Gasteiger partial charge in [0.05, 0.1) is 6.04 Å². The minimum atomic E-state index is 0.323. The molecule has 1 heterocycles. The first-order valence-corrected chi connectivity index (χ1v) is 4.80. The Morgan fingerprint density at radius 1 is 1.57 bits per heavy atom. The predicted octanol–water partition coefficient (Wildman–Crippen LogP) is 2.63. The van der Waals surface area contributed by atoms with E-state index in [0.717, 1.165) is 12.1 Å². The molecule has 0 spiro atoms. The maximum absolute atomic E-state index is 4.21. The number of rotatable bonds is 2. The van der Waals surface area contributed by atoms with Gasteiger partial charge in [0.15, 0.2) is 0 Å². The second-order valence-corrected chi connectivity index (χ2v) is 3.63. The minimum absolute atomic E-state index is 0.323. The predicted molar refractivity (Wildman–Crippen MR) is 60.9 cm³/mol. The van der Waals surface area contributed by atoms with E-state index in [4.69, 9.17) is 0 Å². The lowest BCUT2D eigenvalue weighted by atomic mass is 10.1. The molecule has 1 aliphatic rings. The van der Waals surface area contributed by atoms with Crippen LogP contribution >= 0.6 is 0 Å². The van der Waals surface area contributed by atoms with Gasteiger partial charge >= 0.3 is 0 Å². The fourth-order valence-electron chi connectivity index (χ4n) is 1.63. The number of fused-ring (bicyclic) bond motifs is 1. The highest BCUT2D eigenvalue weighted by molar-refractivity contribution is 5.75. The number of nitrogens with one attached hydrogen (secondary N) is 1. The van der Waals surface area contributed by atoms with Crippen LogP contribution in [-0.2, 0) is 6.42 Å². The average molecular weight is 186 g/mol. The Balaban J connectivity index is 2.08. The Hall–Kier alpha value is -1.57. The van der Waals surface area contributed by atoms with Crippen molar-refractivity contribution in [2.45, 2.75) is 19.4 Å². The Bertz CT molecular complexity index is 355. The van der Waals surface area contributed by atoms with Gasteiger partial charge < -0.3 is 5.32 Å². The molecular weight excluding hydrogens is 172 g/mol. The summed E-state index contributed by atoms with van der Waals surface area (Å²) < 4.78 is 0.